The maximum atomic E-state index is 12.4. The Bertz CT molecular complexity index is 454. The van der Waals surface area contributed by atoms with Gasteiger partial charge in [-0.15, -0.1) is 13.2 Å². The van der Waals surface area contributed by atoms with Crippen LogP contribution in [-0.4, -0.2) is 16.5 Å². The molecular weight excluding hydrogens is 244 g/mol. The van der Waals surface area contributed by atoms with Crippen molar-refractivity contribution in [1.82, 2.24) is 4.98 Å². The molecule has 0 amide bonds. The Hall–Kier alpha value is -2.04. The lowest BCUT2D eigenvalue weighted by molar-refractivity contribution is -0.276. The number of hydrogen-bond acceptors (Lipinski definition) is 4. The fourth-order valence-electron chi connectivity index (χ4n) is 1.09. The van der Waals surface area contributed by atoms with Crippen LogP contribution in [0.4, 0.5) is 17.6 Å². The Kier molecular flexibility index (Phi) is 3.73. The molecule has 0 aliphatic heterocycles. The highest BCUT2D eigenvalue weighted by atomic mass is 19.4. The van der Waals surface area contributed by atoms with Crippen LogP contribution in [-0.2, 0) is 13.1 Å². The van der Waals surface area contributed by atoms with Gasteiger partial charge in [-0.1, -0.05) is 0 Å². The first-order valence-electron chi connectivity index (χ1n) is 4.27. The van der Waals surface area contributed by atoms with Crippen molar-refractivity contribution >= 4 is 0 Å². The highest BCUT2D eigenvalue weighted by Crippen LogP contribution is 2.31. The van der Waals surface area contributed by atoms with E-state index in [1.165, 1.54) is 0 Å². The van der Waals surface area contributed by atoms with Crippen LogP contribution in [0, 0.1) is 11.3 Å². The quantitative estimate of drug-likeness (QED) is 0.835. The van der Waals surface area contributed by atoms with E-state index in [2.05, 4.69) is 9.72 Å². The van der Waals surface area contributed by atoms with Gasteiger partial charge in [0.25, 0.3) is 5.88 Å². The molecule has 0 aliphatic carbocycles. The molecule has 1 aromatic heterocycles. The summed E-state index contributed by atoms with van der Waals surface area (Å²) in [6.07, 6.45) is -5.40. The number of rotatable bonds is 3. The summed E-state index contributed by atoms with van der Waals surface area (Å²) in [5.41, 5.74) is -0.356. The molecule has 0 saturated carbocycles. The molecule has 1 N–H and O–H groups in total. The minimum Gasteiger partial charge on any atom is -0.503 e. The average molecular weight is 250 g/mol. The third kappa shape index (κ3) is 3.48. The van der Waals surface area contributed by atoms with E-state index in [0.29, 0.717) is 0 Å². The molecule has 0 fully saturated rings. The highest BCUT2D eigenvalue weighted by molar-refractivity contribution is 5.39. The van der Waals surface area contributed by atoms with E-state index in [9.17, 15) is 17.6 Å². The number of nitriles is 1. The second-order valence-electron chi connectivity index (χ2n) is 2.93. The number of hydrogen-bond donors (Lipinski definition) is 1. The first kappa shape index (κ1) is 13.0. The van der Waals surface area contributed by atoms with E-state index in [1.807, 2.05) is 0 Å². The molecule has 4 nitrogen and oxygen atoms in total. The van der Waals surface area contributed by atoms with Gasteiger partial charge in [0.2, 0.25) is 0 Å². The molecule has 0 atom stereocenters. The van der Waals surface area contributed by atoms with Gasteiger partial charge in [0.05, 0.1) is 18.2 Å². The van der Waals surface area contributed by atoms with Crippen molar-refractivity contribution in [2.75, 3.05) is 0 Å². The van der Waals surface area contributed by atoms with E-state index in [-0.39, 0.29) is 17.7 Å². The predicted octanol–water partition coefficient (Wildman–Crippen LogP) is 2.22. The van der Waals surface area contributed by atoms with Crippen LogP contribution in [0.15, 0.2) is 6.07 Å². The molecule has 8 heteroatoms. The number of alkyl halides is 4. The average Bonchev–Trinajstić information content (AvgIpc) is 2.21. The third-order valence-electron chi connectivity index (χ3n) is 1.74. The number of aromatic hydroxyl groups is 1. The Morgan fingerprint density at radius 3 is 2.59 bits per heavy atom. The normalized spacial score (nSPS) is 11.0. The van der Waals surface area contributed by atoms with Crippen molar-refractivity contribution in [3.05, 3.63) is 17.3 Å². The van der Waals surface area contributed by atoms with Gasteiger partial charge in [-0.25, -0.2) is 9.37 Å². The van der Waals surface area contributed by atoms with E-state index < -0.39 is 24.7 Å². The van der Waals surface area contributed by atoms with Crippen LogP contribution >= 0.6 is 0 Å². The summed E-state index contributed by atoms with van der Waals surface area (Å²) in [5.74, 6) is -2.03. The number of aromatic nitrogens is 1. The van der Waals surface area contributed by atoms with Gasteiger partial charge in [0.1, 0.15) is 6.67 Å². The zero-order valence-electron chi connectivity index (χ0n) is 8.25. The van der Waals surface area contributed by atoms with Crippen molar-refractivity contribution in [1.29, 1.82) is 5.26 Å². The van der Waals surface area contributed by atoms with Gasteiger partial charge >= 0.3 is 6.36 Å². The van der Waals surface area contributed by atoms with Gasteiger partial charge in [-0.2, -0.15) is 5.26 Å². The first-order valence-corrected chi connectivity index (χ1v) is 4.27. The molecule has 17 heavy (non-hydrogen) atoms. The van der Waals surface area contributed by atoms with Crippen LogP contribution in [0.3, 0.4) is 0 Å². The van der Waals surface area contributed by atoms with E-state index in [0.717, 1.165) is 6.07 Å². The Morgan fingerprint density at radius 2 is 2.12 bits per heavy atom. The fraction of sp³-hybridized carbons (Fsp3) is 0.333. The van der Waals surface area contributed by atoms with E-state index in [4.69, 9.17) is 10.4 Å². The zero-order chi connectivity index (χ0) is 13.1. The smallest absolute Gasteiger partial charge is 0.503 e. The van der Waals surface area contributed by atoms with E-state index in [1.54, 1.807) is 6.07 Å². The molecular formula is C9H6F4N2O2. The summed E-state index contributed by atoms with van der Waals surface area (Å²) < 4.78 is 51.6. The lowest BCUT2D eigenvalue weighted by Gasteiger charge is -2.11. The molecule has 92 valence electrons. The van der Waals surface area contributed by atoms with Crippen LogP contribution < -0.4 is 4.74 Å². The largest absolute Gasteiger partial charge is 0.574 e. The van der Waals surface area contributed by atoms with Gasteiger partial charge in [0, 0.05) is 5.56 Å². The van der Waals surface area contributed by atoms with Crippen molar-refractivity contribution in [2.24, 2.45) is 0 Å². The standard InChI is InChI=1S/C9H6F4N2O2/c10-4-5-3-7(16)8(17-9(11,12)13)15-6(5)1-2-14/h3,16H,1,4H2. The SMILES string of the molecule is N#CCc1nc(OC(F)(F)F)c(O)cc1CF. The molecule has 1 rings (SSSR count). The van der Waals surface area contributed by atoms with Gasteiger partial charge < -0.3 is 9.84 Å². The fourth-order valence-corrected chi connectivity index (χ4v) is 1.09. The molecule has 0 aliphatic rings. The molecule has 1 heterocycles. The number of halogens is 4. The lowest BCUT2D eigenvalue weighted by atomic mass is 10.1. The summed E-state index contributed by atoms with van der Waals surface area (Å²) in [6, 6.07) is 2.37. The number of nitrogens with zero attached hydrogens (tertiary/aromatic N) is 2. The molecule has 0 aromatic carbocycles. The Morgan fingerprint density at radius 1 is 1.47 bits per heavy atom. The van der Waals surface area contributed by atoms with E-state index >= 15 is 0 Å². The molecule has 0 spiro atoms. The molecule has 0 unspecified atom stereocenters. The molecule has 0 saturated heterocycles. The third-order valence-corrected chi connectivity index (χ3v) is 1.74. The summed E-state index contributed by atoms with van der Waals surface area (Å²) in [5, 5.41) is 17.5. The molecule has 0 radical (unpaired) electrons. The van der Waals surface area contributed by atoms with Gasteiger partial charge in [0.15, 0.2) is 5.75 Å². The van der Waals surface area contributed by atoms with Crippen molar-refractivity contribution in [3.8, 4) is 17.7 Å². The number of ether oxygens (including phenoxy) is 1. The summed E-state index contributed by atoms with van der Waals surface area (Å²) in [7, 11) is 0. The Balaban J connectivity index is 3.16. The maximum absolute atomic E-state index is 12.4. The Labute approximate surface area is 93.1 Å². The minimum absolute atomic E-state index is 0.154. The predicted molar refractivity (Wildman–Crippen MR) is 46.7 cm³/mol. The van der Waals surface area contributed by atoms with Crippen LogP contribution in [0.1, 0.15) is 11.3 Å². The topological polar surface area (TPSA) is 66.1 Å². The van der Waals surface area contributed by atoms with Crippen molar-refractivity contribution in [3.63, 3.8) is 0 Å². The minimum atomic E-state index is -5.02. The van der Waals surface area contributed by atoms with Crippen LogP contribution in [0.5, 0.6) is 11.6 Å². The second-order valence-corrected chi connectivity index (χ2v) is 2.93. The number of pyridine rings is 1. The lowest BCUT2D eigenvalue weighted by Crippen LogP contribution is -2.18. The molecule has 0 bridgehead atoms. The highest BCUT2D eigenvalue weighted by Gasteiger charge is 2.33. The summed E-state index contributed by atoms with van der Waals surface area (Å²) in [6.45, 7) is -1.05. The van der Waals surface area contributed by atoms with Crippen molar-refractivity contribution < 1.29 is 27.4 Å². The van der Waals surface area contributed by atoms with Gasteiger partial charge in [-0.05, 0) is 6.07 Å². The summed E-state index contributed by atoms with van der Waals surface area (Å²) >= 11 is 0. The summed E-state index contributed by atoms with van der Waals surface area (Å²) in [4.78, 5) is 3.26. The van der Waals surface area contributed by atoms with Crippen LogP contribution in [0.2, 0.25) is 0 Å². The van der Waals surface area contributed by atoms with Crippen molar-refractivity contribution in [2.45, 2.75) is 19.5 Å². The second kappa shape index (κ2) is 4.86. The maximum Gasteiger partial charge on any atom is 0.574 e. The first-order chi connectivity index (χ1) is 7.87. The zero-order valence-corrected chi connectivity index (χ0v) is 8.25. The molecule has 1 aromatic rings. The monoisotopic (exact) mass is 250 g/mol. The van der Waals surface area contributed by atoms with Gasteiger partial charge in [-0.3, -0.25) is 0 Å². The van der Waals surface area contributed by atoms with Crippen LogP contribution in [0.25, 0.3) is 0 Å².